The molecule has 6 nitrogen and oxygen atoms in total. The highest BCUT2D eigenvalue weighted by atomic mass is 35.5. The second kappa shape index (κ2) is 12.6. The summed E-state index contributed by atoms with van der Waals surface area (Å²) in [4.78, 5) is 16.5. The van der Waals surface area contributed by atoms with E-state index in [2.05, 4.69) is 15.6 Å². The molecule has 0 fully saturated rings. The number of nitrogens with one attached hydrogen (secondary N) is 2. The van der Waals surface area contributed by atoms with E-state index in [1.807, 2.05) is 6.07 Å². The Kier molecular flexibility index (Phi) is 9.18. The molecule has 0 radical (unpaired) electrons. The van der Waals surface area contributed by atoms with E-state index in [4.69, 9.17) is 16.9 Å². The van der Waals surface area contributed by atoms with Crippen LogP contribution in [0.5, 0.6) is 0 Å². The molecular formula is C29H22ClF5N4O2. The molecule has 0 saturated heterocycles. The van der Waals surface area contributed by atoms with Crippen LogP contribution >= 0.6 is 11.6 Å². The van der Waals surface area contributed by atoms with Gasteiger partial charge >= 0.3 is 12.1 Å². The predicted octanol–water partition coefficient (Wildman–Crippen LogP) is 6.14. The van der Waals surface area contributed by atoms with Gasteiger partial charge in [-0.15, -0.1) is 0 Å². The van der Waals surface area contributed by atoms with Crippen molar-refractivity contribution in [3.8, 4) is 17.2 Å². The van der Waals surface area contributed by atoms with Crippen molar-refractivity contribution in [2.75, 3.05) is 6.54 Å². The number of carbonyl (C=O) groups is 1. The van der Waals surface area contributed by atoms with Crippen LogP contribution in [-0.4, -0.2) is 34.8 Å². The van der Waals surface area contributed by atoms with Gasteiger partial charge in [0.05, 0.1) is 23.7 Å². The molecular weight excluding hydrogens is 567 g/mol. The topological polar surface area (TPSA) is 98.0 Å². The minimum atomic E-state index is -4.47. The number of pyridine rings is 1. The number of hydrogen-bond acceptors (Lipinski definition) is 5. The van der Waals surface area contributed by atoms with E-state index in [1.165, 1.54) is 6.07 Å². The second-order valence-corrected chi connectivity index (χ2v) is 9.62. The van der Waals surface area contributed by atoms with Gasteiger partial charge < -0.3 is 10.4 Å². The van der Waals surface area contributed by atoms with Gasteiger partial charge in [-0.2, -0.15) is 18.4 Å². The Morgan fingerprint density at radius 2 is 1.76 bits per heavy atom. The number of carboxylic acid groups (broad SMARTS) is 1. The zero-order chi connectivity index (χ0) is 29.7. The predicted molar refractivity (Wildman–Crippen MR) is 143 cm³/mol. The van der Waals surface area contributed by atoms with E-state index in [-0.39, 0.29) is 12.0 Å². The molecule has 0 amide bonds. The van der Waals surface area contributed by atoms with Crippen molar-refractivity contribution in [1.82, 2.24) is 15.6 Å². The number of carboxylic acids is 1. The lowest BCUT2D eigenvalue weighted by Crippen LogP contribution is -2.38. The number of aliphatic carboxylic acids is 1. The number of benzene rings is 3. The van der Waals surface area contributed by atoms with Crippen molar-refractivity contribution < 1.29 is 31.9 Å². The highest BCUT2D eigenvalue weighted by molar-refractivity contribution is 6.33. The van der Waals surface area contributed by atoms with Crippen LogP contribution in [0.2, 0.25) is 5.02 Å². The van der Waals surface area contributed by atoms with Crippen molar-refractivity contribution in [2.24, 2.45) is 0 Å². The smallest absolute Gasteiger partial charge is 0.401 e. The van der Waals surface area contributed by atoms with Crippen molar-refractivity contribution in [3.63, 3.8) is 0 Å². The Morgan fingerprint density at radius 1 is 1.05 bits per heavy atom. The lowest BCUT2D eigenvalue weighted by Gasteiger charge is -2.18. The number of halogens is 6. The van der Waals surface area contributed by atoms with E-state index in [0.717, 1.165) is 12.1 Å². The minimum absolute atomic E-state index is 0.0239. The largest absolute Gasteiger partial charge is 0.480 e. The van der Waals surface area contributed by atoms with Gasteiger partial charge in [0, 0.05) is 46.4 Å². The lowest BCUT2D eigenvalue weighted by atomic mass is 9.94. The second-order valence-electron chi connectivity index (χ2n) is 9.21. The van der Waals surface area contributed by atoms with Crippen LogP contribution in [0.3, 0.4) is 0 Å². The van der Waals surface area contributed by atoms with Crippen LogP contribution in [0, 0.1) is 23.0 Å². The highest BCUT2D eigenvalue weighted by Crippen LogP contribution is 2.35. The van der Waals surface area contributed by atoms with Crippen LogP contribution < -0.4 is 10.6 Å². The van der Waals surface area contributed by atoms with Crippen LogP contribution in [0.1, 0.15) is 22.3 Å². The average Bonchev–Trinajstić information content (AvgIpc) is 2.91. The Labute approximate surface area is 236 Å². The first kappa shape index (κ1) is 29.9. The minimum Gasteiger partial charge on any atom is -0.480 e. The molecule has 4 rings (SSSR count). The van der Waals surface area contributed by atoms with Crippen LogP contribution in [0.4, 0.5) is 22.0 Å². The number of aromatic nitrogens is 1. The van der Waals surface area contributed by atoms with Gasteiger partial charge in [0.15, 0.2) is 0 Å². The molecule has 41 heavy (non-hydrogen) atoms. The fourth-order valence-corrected chi connectivity index (χ4v) is 4.68. The first-order chi connectivity index (χ1) is 19.5. The molecule has 212 valence electrons. The first-order valence-electron chi connectivity index (χ1n) is 12.2. The van der Waals surface area contributed by atoms with Crippen LogP contribution in [-0.2, 0) is 24.3 Å². The molecule has 4 aromatic rings. The Bertz CT molecular complexity index is 1620. The monoisotopic (exact) mass is 588 g/mol. The Balaban J connectivity index is 1.54. The van der Waals surface area contributed by atoms with Gasteiger partial charge in [0.25, 0.3) is 0 Å². The summed E-state index contributed by atoms with van der Waals surface area (Å²) >= 11 is 6.41. The van der Waals surface area contributed by atoms with E-state index < -0.39 is 55.0 Å². The summed E-state index contributed by atoms with van der Waals surface area (Å²) in [5.74, 6) is -3.28. The Morgan fingerprint density at radius 3 is 2.39 bits per heavy atom. The summed E-state index contributed by atoms with van der Waals surface area (Å²) in [5.41, 5.74) is 2.39. The number of fused-ring (bicyclic) bond motifs is 1. The number of alkyl halides is 3. The molecule has 0 saturated carbocycles. The fourth-order valence-electron chi connectivity index (χ4n) is 4.40. The first-order valence-corrected chi connectivity index (χ1v) is 12.6. The van der Waals surface area contributed by atoms with Crippen molar-refractivity contribution in [3.05, 3.63) is 99.7 Å². The van der Waals surface area contributed by atoms with Crippen molar-refractivity contribution in [2.45, 2.75) is 31.7 Å². The third kappa shape index (κ3) is 7.35. The zero-order valence-electron chi connectivity index (χ0n) is 21.2. The summed E-state index contributed by atoms with van der Waals surface area (Å²) in [6.07, 6.45) is -2.94. The van der Waals surface area contributed by atoms with Gasteiger partial charge in [-0.3, -0.25) is 15.1 Å². The number of hydrogen-bond donors (Lipinski definition) is 3. The van der Waals surface area contributed by atoms with E-state index in [0.29, 0.717) is 38.2 Å². The van der Waals surface area contributed by atoms with Gasteiger partial charge in [-0.25, -0.2) is 8.78 Å². The normalized spacial score (nSPS) is 12.3. The van der Waals surface area contributed by atoms with E-state index >= 15 is 0 Å². The number of nitriles is 1. The molecule has 1 aromatic heterocycles. The summed E-state index contributed by atoms with van der Waals surface area (Å²) in [7, 11) is 0. The molecule has 12 heteroatoms. The van der Waals surface area contributed by atoms with E-state index in [1.54, 1.807) is 42.6 Å². The van der Waals surface area contributed by atoms with Crippen LogP contribution in [0.15, 0.2) is 60.8 Å². The zero-order valence-corrected chi connectivity index (χ0v) is 22.0. The molecule has 0 aliphatic heterocycles. The van der Waals surface area contributed by atoms with Crippen LogP contribution in [0.25, 0.3) is 22.0 Å². The maximum Gasteiger partial charge on any atom is 0.401 e. The molecule has 1 atom stereocenters. The van der Waals surface area contributed by atoms with Gasteiger partial charge in [0.2, 0.25) is 0 Å². The maximum absolute atomic E-state index is 14.6. The standard InChI is InChI=1S/C29H22ClF5N4O2/c30-23-8-16(12-36)3-5-20(23)21-6-4-18(19-2-1-7-38-27(19)21)11-26(28(40)41)39-14-22-24(31)9-17(10-25(22)32)13-37-15-29(33,34)35/h1-10,26,37,39H,11,13-15H2,(H,40,41)/t26-/m0/s1. The number of nitrogens with zero attached hydrogens (tertiary/aromatic N) is 2. The summed E-state index contributed by atoms with van der Waals surface area (Å²) < 4.78 is 66.2. The SMILES string of the molecule is N#Cc1ccc(-c2ccc(C[C@H](NCc3c(F)cc(CNCC(F)(F)F)cc3F)C(=O)O)c3cccnc23)c(Cl)c1. The molecule has 1 heterocycles. The molecule has 0 bridgehead atoms. The van der Waals surface area contributed by atoms with Gasteiger partial charge in [0.1, 0.15) is 17.7 Å². The van der Waals surface area contributed by atoms with Gasteiger partial charge in [-0.05, 0) is 47.9 Å². The fraction of sp³-hybridized carbons (Fsp3) is 0.207. The molecule has 3 N–H and O–H groups in total. The maximum atomic E-state index is 14.6. The number of rotatable bonds is 10. The molecule has 3 aromatic carbocycles. The summed E-state index contributed by atoms with van der Waals surface area (Å²) in [5, 5.41) is 24.7. The summed E-state index contributed by atoms with van der Waals surface area (Å²) in [6, 6.07) is 14.4. The Hall–Kier alpha value is -4.11. The van der Waals surface area contributed by atoms with Crippen molar-refractivity contribution >= 4 is 28.5 Å². The molecule has 0 aliphatic rings. The van der Waals surface area contributed by atoms with E-state index in [9.17, 15) is 31.9 Å². The average molecular weight is 589 g/mol. The summed E-state index contributed by atoms with van der Waals surface area (Å²) in [6.45, 7) is -2.19. The van der Waals surface area contributed by atoms with Gasteiger partial charge in [-0.1, -0.05) is 35.9 Å². The molecule has 0 aliphatic carbocycles. The molecule has 0 unspecified atom stereocenters. The third-order valence-corrected chi connectivity index (χ3v) is 6.66. The van der Waals surface area contributed by atoms with Crippen molar-refractivity contribution in [1.29, 1.82) is 5.26 Å². The third-order valence-electron chi connectivity index (χ3n) is 6.35. The highest BCUT2D eigenvalue weighted by Gasteiger charge is 2.26. The quantitative estimate of drug-likeness (QED) is 0.193. The molecule has 0 spiro atoms. The lowest BCUT2D eigenvalue weighted by molar-refractivity contribution is -0.139.